The molecule has 0 N–H and O–H groups in total. The standard InChI is InChI=1S/C20H18F2N4O2/c1-25(2)16-5-3-12(4-6-16)20-23-19(24-28-20)13-7-18(27)26(11-13)17-9-14(21)8-15(22)10-17/h3-6,8-10,13H,7,11H2,1-2H3. The Morgan fingerprint density at radius 3 is 2.43 bits per heavy atom. The molecule has 0 spiro atoms. The van der Waals surface area contributed by atoms with Crippen molar-refractivity contribution in [2.45, 2.75) is 12.3 Å². The van der Waals surface area contributed by atoms with E-state index in [1.807, 2.05) is 43.3 Å². The molecule has 1 saturated heterocycles. The number of rotatable bonds is 4. The number of carbonyl (C=O) groups excluding carboxylic acids is 1. The smallest absolute Gasteiger partial charge is 0.257 e. The average Bonchev–Trinajstić information content (AvgIpc) is 3.28. The van der Waals surface area contributed by atoms with Gasteiger partial charge in [0.05, 0.1) is 0 Å². The van der Waals surface area contributed by atoms with Crippen LogP contribution in [0.3, 0.4) is 0 Å². The van der Waals surface area contributed by atoms with E-state index in [4.69, 9.17) is 4.52 Å². The molecule has 8 heteroatoms. The monoisotopic (exact) mass is 384 g/mol. The summed E-state index contributed by atoms with van der Waals surface area (Å²) in [6.45, 7) is 0.236. The third kappa shape index (κ3) is 3.45. The van der Waals surface area contributed by atoms with Crippen LogP contribution >= 0.6 is 0 Å². The van der Waals surface area contributed by atoms with E-state index in [-0.39, 0.29) is 30.5 Å². The molecule has 1 amide bonds. The maximum absolute atomic E-state index is 13.5. The predicted molar refractivity (Wildman–Crippen MR) is 100 cm³/mol. The van der Waals surface area contributed by atoms with Crippen LogP contribution in [0.15, 0.2) is 47.0 Å². The van der Waals surface area contributed by atoms with Crippen molar-refractivity contribution >= 4 is 17.3 Å². The van der Waals surface area contributed by atoms with Gasteiger partial charge in [-0.05, 0) is 36.4 Å². The second-order valence-corrected chi connectivity index (χ2v) is 6.93. The fourth-order valence-electron chi connectivity index (χ4n) is 3.25. The minimum Gasteiger partial charge on any atom is -0.378 e. The summed E-state index contributed by atoms with van der Waals surface area (Å²) in [5.41, 5.74) is 2.01. The Labute approximate surface area is 160 Å². The molecule has 1 aliphatic rings. The molecule has 0 bridgehead atoms. The Kier molecular flexibility index (Phi) is 4.54. The third-order valence-electron chi connectivity index (χ3n) is 4.72. The van der Waals surface area contributed by atoms with Crippen LogP contribution in [0.1, 0.15) is 18.2 Å². The third-order valence-corrected chi connectivity index (χ3v) is 4.72. The summed E-state index contributed by atoms with van der Waals surface area (Å²) < 4.78 is 32.3. The summed E-state index contributed by atoms with van der Waals surface area (Å²) in [4.78, 5) is 20.1. The van der Waals surface area contributed by atoms with Gasteiger partial charge in [-0.15, -0.1) is 0 Å². The maximum atomic E-state index is 13.5. The number of benzene rings is 2. The molecule has 1 aliphatic heterocycles. The first-order valence-corrected chi connectivity index (χ1v) is 8.78. The lowest BCUT2D eigenvalue weighted by molar-refractivity contribution is -0.117. The zero-order valence-corrected chi connectivity index (χ0v) is 15.4. The highest BCUT2D eigenvalue weighted by atomic mass is 19.1. The summed E-state index contributed by atoms with van der Waals surface area (Å²) in [6, 6.07) is 10.7. The second-order valence-electron chi connectivity index (χ2n) is 6.93. The highest BCUT2D eigenvalue weighted by Gasteiger charge is 2.35. The number of carbonyl (C=O) groups is 1. The molecule has 6 nitrogen and oxygen atoms in total. The Morgan fingerprint density at radius 2 is 1.79 bits per heavy atom. The van der Waals surface area contributed by atoms with Crippen molar-refractivity contribution in [1.29, 1.82) is 0 Å². The number of anilines is 2. The lowest BCUT2D eigenvalue weighted by Crippen LogP contribution is -2.24. The molecular formula is C20H18F2N4O2. The van der Waals surface area contributed by atoms with Crippen molar-refractivity contribution in [3.8, 4) is 11.5 Å². The number of aromatic nitrogens is 2. The molecule has 0 radical (unpaired) electrons. The Hall–Kier alpha value is -3.29. The van der Waals surface area contributed by atoms with E-state index in [9.17, 15) is 13.6 Å². The van der Waals surface area contributed by atoms with Gasteiger partial charge in [-0.1, -0.05) is 5.16 Å². The molecular weight excluding hydrogens is 366 g/mol. The minimum absolute atomic E-state index is 0.149. The van der Waals surface area contributed by atoms with Gasteiger partial charge in [0.2, 0.25) is 5.91 Å². The van der Waals surface area contributed by atoms with E-state index in [0.29, 0.717) is 11.7 Å². The lowest BCUT2D eigenvalue weighted by atomic mass is 10.1. The Morgan fingerprint density at radius 1 is 1.11 bits per heavy atom. The van der Waals surface area contributed by atoms with Crippen molar-refractivity contribution in [3.63, 3.8) is 0 Å². The van der Waals surface area contributed by atoms with Crippen molar-refractivity contribution in [2.24, 2.45) is 0 Å². The van der Waals surface area contributed by atoms with Crippen LogP contribution in [0.25, 0.3) is 11.5 Å². The van der Waals surface area contributed by atoms with Gasteiger partial charge in [0, 0.05) is 56.0 Å². The van der Waals surface area contributed by atoms with Crippen molar-refractivity contribution in [3.05, 3.63) is 59.9 Å². The molecule has 0 saturated carbocycles. The van der Waals surface area contributed by atoms with E-state index < -0.39 is 11.6 Å². The highest BCUT2D eigenvalue weighted by molar-refractivity contribution is 5.96. The van der Waals surface area contributed by atoms with Crippen LogP contribution in [-0.4, -0.2) is 36.7 Å². The SMILES string of the molecule is CN(C)c1ccc(-c2nc(C3CC(=O)N(c4cc(F)cc(F)c4)C3)no2)cc1. The fourth-order valence-corrected chi connectivity index (χ4v) is 3.25. The van der Waals surface area contributed by atoms with Gasteiger partial charge in [0.1, 0.15) is 11.6 Å². The van der Waals surface area contributed by atoms with Crippen LogP contribution in [0, 0.1) is 11.6 Å². The number of hydrogen-bond acceptors (Lipinski definition) is 5. The summed E-state index contributed by atoms with van der Waals surface area (Å²) in [6.07, 6.45) is 0.149. The largest absolute Gasteiger partial charge is 0.378 e. The lowest BCUT2D eigenvalue weighted by Gasteiger charge is -2.16. The maximum Gasteiger partial charge on any atom is 0.257 e. The van der Waals surface area contributed by atoms with Crippen LogP contribution < -0.4 is 9.80 Å². The first-order valence-electron chi connectivity index (χ1n) is 8.78. The molecule has 1 atom stereocenters. The average molecular weight is 384 g/mol. The first kappa shape index (κ1) is 18.1. The molecule has 1 aromatic heterocycles. The second kappa shape index (κ2) is 7.03. The summed E-state index contributed by atoms with van der Waals surface area (Å²) in [7, 11) is 3.90. The summed E-state index contributed by atoms with van der Waals surface area (Å²) in [5.74, 6) is -1.24. The van der Waals surface area contributed by atoms with E-state index in [0.717, 1.165) is 29.4 Å². The Bertz CT molecular complexity index is 997. The molecule has 0 aliphatic carbocycles. The van der Waals surface area contributed by atoms with Crippen molar-refractivity contribution in [1.82, 2.24) is 10.1 Å². The van der Waals surface area contributed by atoms with Crippen LogP contribution in [-0.2, 0) is 4.79 Å². The van der Waals surface area contributed by atoms with Crippen LogP contribution in [0.4, 0.5) is 20.2 Å². The highest BCUT2D eigenvalue weighted by Crippen LogP contribution is 2.32. The molecule has 1 unspecified atom stereocenters. The van der Waals surface area contributed by atoms with Crippen molar-refractivity contribution < 1.29 is 18.1 Å². The molecule has 2 heterocycles. The molecule has 2 aromatic carbocycles. The van der Waals surface area contributed by atoms with Crippen LogP contribution in [0.2, 0.25) is 0 Å². The Balaban J connectivity index is 1.53. The molecule has 28 heavy (non-hydrogen) atoms. The van der Waals surface area contributed by atoms with Gasteiger partial charge in [0.25, 0.3) is 5.89 Å². The number of halogens is 2. The van der Waals surface area contributed by atoms with E-state index in [1.165, 1.54) is 4.90 Å². The molecule has 1 fully saturated rings. The number of nitrogens with zero attached hydrogens (tertiary/aromatic N) is 4. The van der Waals surface area contributed by atoms with E-state index >= 15 is 0 Å². The predicted octanol–water partition coefficient (Wildman–Crippen LogP) is 3.60. The zero-order valence-electron chi connectivity index (χ0n) is 15.4. The van der Waals surface area contributed by atoms with Gasteiger partial charge in [-0.2, -0.15) is 4.98 Å². The van der Waals surface area contributed by atoms with Gasteiger partial charge in [0.15, 0.2) is 5.82 Å². The van der Waals surface area contributed by atoms with E-state index in [1.54, 1.807) is 0 Å². The van der Waals surface area contributed by atoms with E-state index in [2.05, 4.69) is 10.1 Å². The van der Waals surface area contributed by atoms with Gasteiger partial charge in [-0.25, -0.2) is 8.78 Å². The molecule has 4 rings (SSSR count). The zero-order chi connectivity index (χ0) is 19.8. The number of hydrogen-bond donors (Lipinski definition) is 0. The normalized spacial score (nSPS) is 16.6. The summed E-state index contributed by atoms with van der Waals surface area (Å²) >= 11 is 0. The minimum atomic E-state index is -0.728. The molecule has 144 valence electrons. The summed E-state index contributed by atoms with van der Waals surface area (Å²) in [5, 5.41) is 4.01. The van der Waals surface area contributed by atoms with Crippen LogP contribution in [0.5, 0.6) is 0 Å². The van der Waals surface area contributed by atoms with Gasteiger partial charge in [-0.3, -0.25) is 4.79 Å². The quantitative estimate of drug-likeness (QED) is 0.688. The molecule has 3 aromatic rings. The van der Waals surface area contributed by atoms with Gasteiger partial charge >= 0.3 is 0 Å². The van der Waals surface area contributed by atoms with Crippen molar-refractivity contribution in [2.75, 3.05) is 30.4 Å². The first-order chi connectivity index (χ1) is 13.4. The van der Waals surface area contributed by atoms with Gasteiger partial charge < -0.3 is 14.3 Å². The topological polar surface area (TPSA) is 62.5 Å². The number of amides is 1. The fraction of sp³-hybridized carbons (Fsp3) is 0.250.